The Morgan fingerprint density at radius 2 is 1.36 bits per heavy atom. The second-order valence-electron chi connectivity index (χ2n) is 10.1. The number of hydrogen-bond donors (Lipinski definition) is 2. The van der Waals surface area contributed by atoms with Crippen LogP contribution in [0.25, 0.3) is 22.0 Å². The monoisotopic (exact) mass is 550 g/mol. The van der Waals surface area contributed by atoms with Crippen molar-refractivity contribution in [1.29, 1.82) is 0 Å². The summed E-state index contributed by atoms with van der Waals surface area (Å²) >= 11 is 0. The van der Waals surface area contributed by atoms with Gasteiger partial charge in [0, 0.05) is 54.9 Å². The van der Waals surface area contributed by atoms with E-state index in [-0.39, 0.29) is 5.90 Å². The third-order valence-electron chi connectivity index (χ3n) is 6.99. The molecule has 0 saturated heterocycles. The number of aromatic nitrogens is 2. The van der Waals surface area contributed by atoms with E-state index in [1.807, 2.05) is 128 Å². The van der Waals surface area contributed by atoms with Gasteiger partial charge in [-0.25, -0.2) is 15.0 Å². The number of pyridine rings is 2. The Kier molecular flexibility index (Phi) is 7.22. The summed E-state index contributed by atoms with van der Waals surface area (Å²) in [6, 6.07) is 34.8. The molecule has 0 spiro atoms. The lowest BCUT2D eigenvalue weighted by Crippen LogP contribution is -2.12. The van der Waals surface area contributed by atoms with Crippen molar-refractivity contribution in [3.63, 3.8) is 0 Å². The number of aliphatic imine (C=N–C) groups is 1. The van der Waals surface area contributed by atoms with Crippen LogP contribution in [-0.4, -0.2) is 20.1 Å². The van der Waals surface area contributed by atoms with E-state index in [2.05, 4.69) is 32.9 Å². The van der Waals surface area contributed by atoms with Crippen molar-refractivity contribution in [1.82, 2.24) is 9.13 Å². The van der Waals surface area contributed by atoms with Gasteiger partial charge < -0.3 is 20.0 Å². The zero-order chi connectivity index (χ0) is 29.1. The van der Waals surface area contributed by atoms with Gasteiger partial charge in [0.2, 0.25) is 5.90 Å². The topological polar surface area (TPSA) is 93.2 Å². The van der Waals surface area contributed by atoms with Crippen molar-refractivity contribution in [2.75, 3.05) is 5.73 Å². The van der Waals surface area contributed by atoms with Crippen molar-refractivity contribution < 1.29 is 5.11 Å². The Labute approximate surface area is 243 Å². The molecule has 6 aromatic rings. The fourth-order valence-electron chi connectivity index (χ4n) is 4.79. The van der Waals surface area contributed by atoms with Crippen LogP contribution in [0, 0.1) is 0 Å². The van der Waals surface area contributed by atoms with Gasteiger partial charge in [-0.05, 0) is 84.4 Å². The third-order valence-corrected chi connectivity index (χ3v) is 6.99. The zero-order valence-electron chi connectivity index (χ0n) is 23.4. The molecular weight excluding hydrogens is 520 g/mol. The second-order valence-corrected chi connectivity index (χ2v) is 10.1. The van der Waals surface area contributed by atoms with Gasteiger partial charge in [0.1, 0.15) is 0 Å². The molecule has 0 fully saturated rings. The predicted octanol–water partition coefficient (Wildman–Crippen LogP) is 6.87. The first-order valence-electron chi connectivity index (χ1n) is 13.6. The Bertz CT molecular complexity index is 2030. The molecule has 0 aliphatic carbocycles. The normalized spacial score (nSPS) is 12.0. The summed E-state index contributed by atoms with van der Waals surface area (Å²) in [5, 5.41) is 13.4. The molecule has 4 aromatic carbocycles. The lowest BCUT2D eigenvalue weighted by atomic mass is 10.0. The van der Waals surface area contributed by atoms with Crippen molar-refractivity contribution in [3.8, 4) is 11.1 Å². The van der Waals surface area contributed by atoms with Crippen molar-refractivity contribution in [3.05, 3.63) is 144 Å². The number of anilines is 1. The van der Waals surface area contributed by atoms with E-state index in [0.29, 0.717) is 16.9 Å². The van der Waals surface area contributed by atoms with Gasteiger partial charge in [-0.2, -0.15) is 0 Å². The Morgan fingerprint density at radius 3 is 2.07 bits per heavy atom. The molecule has 0 atom stereocenters. The number of nitrogens with zero attached hydrogens (tertiary/aromatic N) is 5. The van der Waals surface area contributed by atoms with Crippen LogP contribution in [0.5, 0.6) is 0 Å². The fraction of sp³-hybridized carbons (Fsp3) is 0.0571. The molecular formula is C35H30N6O. The minimum Gasteiger partial charge on any atom is -0.493 e. The quantitative estimate of drug-likeness (QED) is 0.139. The van der Waals surface area contributed by atoms with Crippen LogP contribution in [0.1, 0.15) is 5.56 Å². The van der Waals surface area contributed by atoms with Gasteiger partial charge in [0.15, 0.2) is 0 Å². The minimum atomic E-state index is -0.0725. The zero-order valence-corrected chi connectivity index (χ0v) is 23.4. The first kappa shape index (κ1) is 26.5. The molecule has 0 radical (unpaired) electrons. The van der Waals surface area contributed by atoms with E-state index >= 15 is 0 Å². The number of benzene rings is 4. The summed E-state index contributed by atoms with van der Waals surface area (Å²) in [6.45, 7) is 0. The largest absolute Gasteiger partial charge is 0.493 e. The number of aliphatic hydroxyl groups is 1. The number of aryl methyl sites for hydroxylation is 2. The van der Waals surface area contributed by atoms with Crippen LogP contribution in [0.15, 0.2) is 143 Å². The number of nitrogens with two attached hydrogens (primary N) is 1. The highest BCUT2D eigenvalue weighted by Crippen LogP contribution is 2.24. The number of aliphatic hydroxyl groups excluding tert-OH is 1. The highest BCUT2D eigenvalue weighted by Gasteiger charge is 2.09. The molecule has 6 rings (SSSR count). The molecule has 0 saturated carbocycles. The van der Waals surface area contributed by atoms with Crippen LogP contribution < -0.4 is 16.4 Å². The van der Waals surface area contributed by atoms with Gasteiger partial charge in [0.05, 0.1) is 33.3 Å². The summed E-state index contributed by atoms with van der Waals surface area (Å²) < 4.78 is 4.05. The number of nitrogen functional groups attached to an aromatic ring is 1. The second kappa shape index (κ2) is 11.4. The van der Waals surface area contributed by atoms with Crippen molar-refractivity contribution in [2.45, 2.75) is 0 Å². The lowest BCUT2D eigenvalue weighted by molar-refractivity contribution is 0.555. The van der Waals surface area contributed by atoms with E-state index in [1.165, 1.54) is 0 Å². The molecule has 2 heterocycles. The van der Waals surface area contributed by atoms with Gasteiger partial charge in [-0.15, -0.1) is 0 Å². The van der Waals surface area contributed by atoms with Crippen molar-refractivity contribution >= 4 is 39.6 Å². The smallest absolute Gasteiger partial charge is 0.218 e. The lowest BCUT2D eigenvalue weighted by Gasteiger charge is -2.12. The number of hydrogen-bond acceptors (Lipinski definition) is 4. The Hall–Kier alpha value is -5.69. The minimum absolute atomic E-state index is 0.0725. The van der Waals surface area contributed by atoms with E-state index < -0.39 is 0 Å². The molecule has 42 heavy (non-hydrogen) atoms. The molecule has 2 aromatic heterocycles. The summed E-state index contributed by atoms with van der Waals surface area (Å²) in [7, 11) is 3.99. The third kappa shape index (κ3) is 5.76. The summed E-state index contributed by atoms with van der Waals surface area (Å²) in [5.41, 5.74) is 12.8. The Morgan fingerprint density at radius 1 is 0.714 bits per heavy atom. The van der Waals surface area contributed by atoms with E-state index in [1.54, 1.807) is 0 Å². The average Bonchev–Trinajstić information content (AvgIpc) is 3.01. The van der Waals surface area contributed by atoms with Gasteiger partial charge >= 0.3 is 0 Å². The first-order valence-corrected chi connectivity index (χ1v) is 13.6. The summed E-state index contributed by atoms with van der Waals surface area (Å²) in [4.78, 5) is 14.1. The Balaban J connectivity index is 1.32. The molecule has 0 amide bonds. The maximum Gasteiger partial charge on any atom is 0.218 e. The molecule has 7 heteroatoms. The van der Waals surface area contributed by atoms with E-state index in [9.17, 15) is 5.11 Å². The highest BCUT2D eigenvalue weighted by atomic mass is 16.3. The molecule has 0 aliphatic heterocycles. The standard InChI is InChI=1S/C35H30N6O/c1-40-20-18-30(19-21-40)37-27-13-15-29(16-14-27)39-35(42)25-8-11-28(12-9-25)38-34-31-22-26(36)10-17-33(31)41(2)23-32(34)24-6-4-3-5-7-24/h3-23H,36H2,1-2H3,(H,39,42). The average molecular weight is 551 g/mol. The SMILES string of the molecule is Cn1ccc(=Nc2ccc(N=C(O)c3ccc(N=c4c(-c5ccccc5)cn(C)c5ccc(N)cc45)cc3)cc2)cc1. The predicted molar refractivity (Wildman–Crippen MR) is 170 cm³/mol. The fourth-order valence-corrected chi connectivity index (χ4v) is 4.79. The number of fused-ring (bicyclic) bond motifs is 1. The summed E-state index contributed by atoms with van der Waals surface area (Å²) in [6.07, 6.45) is 6.00. The van der Waals surface area contributed by atoms with E-state index in [0.717, 1.165) is 44.1 Å². The van der Waals surface area contributed by atoms with Crippen LogP contribution in [0.3, 0.4) is 0 Å². The summed E-state index contributed by atoms with van der Waals surface area (Å²) in [5.74, 6) is -0.0725. The maximum absolute atomic E-state index is 10.8. The first-order chi connectivity index (χ1) is 20.4. The van der Waals surface area contributed by atoms with E-state index in [4.69, 9.17) is 10.7 Å². The number of rotatable bonds is 5. The molecule has 7 nitrogen and oxygen atoms in total. The van der Waals surface area contributed by atoms with Crippen LogP contribution in [0.2, 0.25) is 0 Å². The van der Waals surface area contributed by atoms with Crippen LogP contribution >= 0.6 is 0 Å². The molecule has 0 bridgehead atoms. The van der Waals surface area contributed by atoms with Gasteiger partial charge in [0.25, 0.3) is 0 Å². The maximum atomic E-state index is 10.8. The van der Waals surface area contributed by atoms with Gasteiger partial charge in [-0.1, -0.05) is 30.3 Å². The molecule has 206 valence electrons. The van der Waals surface area contributed by atoms with Crippen LogP contribution in [-0.2, 0) is 14.1 Å². The molecule has 3 N–H and O–H groups in total. The van der Waals surface area contributed by atoms with Crippen molar-refractivity contribution in [2.24, 2.45) is 29.1 Å². The molecule has 0 aliphatic rings. The molecule has 0 unspecified atom stereocenters. The highest BCUT2D eigenvalue weighted by molar-refractivity contribution is 5.94. The van der Waals surface area contributed by atoms with Gasteiger partial charge in [-0.3, -0.25) is 0 Å². The van der Waals surface area contributed by atoms with Crippen LogP contribution in [0.4, 0.5) is 22.7 Å².